The largest absolute Gasteiger partial charge is 0.313 e. The molecule has 1 aromatic rings. The molecule has 0 aromatic heterocycles. The Hall–Kier alpha value is -0.380. The predicted molar refractivity (Wildman–Crippen MR) is 85.1 cm³/mol. The second-order valence-electron chi connectivity index (χ2n) is 5.85. The number of rotatable bonds is 6. The lowest BCUT2D eigenvalue weighted by atomic mass is 9.88. The molecule has 2 atom stereocenters. The molecule has 0 aliphatic rings. The van der Waals surface area contributed by atoms with Crippen LogP contribution in [0.2, 0.25) is 5.02 Å². The van der Waals surface area contributed by atoms with E-state index >= 15 is 0 Å². The standard InChI is InChI=1S/C15H24ClNOS/c1-5-17-14(15(2,3)4)11-19(18)10-12-6-8-13(16)9-7-12/h6-9,14,17H,5,10-11H2,1-4H3. The summed E-state index contributed by atoms with van der Waals surface area (Å²) >= 11 is 5.85. The van der Waals surface area contributed by atoms with Crippen LogP contribution in [0.3, 0.4) is 0 Å². The molecule has 108 valence electrons. The number of nitrogens with one attached hydrogen (secondary N) is 1. The monoisotopic (exact) mass is 301 g/mol. The first-order valence-corrected chi connectivity index (χ1v) is 8.52. The van der Waals surface area contributed by atoms with Crippen LogP contribution in [0.25, 0.3) is 0 Å². The van der Waals surface area contributed by atoms with Crippen molar-refractivity contribution in [2.45, 2.75) is 39.5 Å². The van der Waals surface area contributed by atoms with E-state index < -0.39 is 10.8 Å². The highest BCUT2D eigenvalue weighted by Crippen LogP contribution is 2.21. The van der Waals surface area contributed by atoms with E-state index in [0.717, 1.165) is 17.1 Å². The number of benzene rings is 1. The van der Waals surface area contributed by atoms with Crippen LogP contribution in [0, 0.1) is 5.41 Å². The number of hydrogen-bond acceptors (Lipinski definition) is 2. The molecular formula is C15H24ClNOS. The van der Waals surface area contributed by atoms with Gasteiger partial charge >= 0.3 is 0 Å². The third kappa shape index (κ3) is 6.07. The summed E-state index contributed by atoms with van der Waals surface area (Å²) in [4.78, 5) is 0. The van der Waals surface area contributed by atoms with Crippen LogP contribution in [-0.2, 0) is 16.6 Å². The van der Waals surface area contributed by atoms with E-state index in [-0.39, 0.29) is 11.5 Å². The zero-order valence-electron chi connectivity index (χ0n) is 12.2. The third-order valence-corrected chi connectivity index (χ3v) is 4.70. The molecule has 0 heterocycles. The molecular weight excluding hydrogens is 278 g/mol. The molecule has 0 saturated heterocycles. The number of halogens is 1. The summed E-state index contributed by atoms with van der Waals surface area (Å²) < 4.78 is 12.3. The zero-order chi connectivity index (χ0) is 14.5. The Labute approximate surface area is 124 Å². The SMILES string of the molecule is CCNC(CS(=O)Cc1ccc(Cl)cc1)C(C)(C)C. The van der Waals surface area contributed by atoms with E-state index in [1.165, 1.54) is 0 Å². The summed E-state index contributed by atoms with van der Waals surface area (Å²) in [6.07, 6.45) is 0. The molecule has 0 radical (unpaired) electrons. The van der Waals surface area contributed by atoms with Gasteiger partial charge in [-0.3, -0.25) is 4.21 Å². The van der Waals surface area contributed by atoms with Crippen molar-refractivity contribution in [3.05, 3.63) is 34.9 Å². The molecule has 0 amide bonds. The molecule has 2 nitrogen and oxygen atoms in total. The molecule has 1 N–H and O–H groups in total. The highest BCUT2D eigenvalue weighted by atomic mass is 35.5. The highest BCUT2D eigenvalue weighted by Gasteiger charge is 2.25. The van der Waals surface area contributed by atoms with Gasteiger partial charge in [-0.25, -0.2) is 0 Å². The molecule has 0 bridgehead atoms. The lowest BCUT2D eigenvalue weighted by Gasteiger charge is -2.31. The lowest BCUT2D eigenvalue weighted by Crippen LogP contribution is -2.44. The van der Waals surface area contributed by atoms with Crippen molar-refractivity contribution in [1.82, 2.24) is 5.32 Å². The van der Waals surface area contributed by atoms with Crippen LogP contribution in [-0.4, -0.2) is 22.5 Å². The van der Waals surface area contributed by atoms with Crippen molar-refractivity contribution in [2.75, 3.05) is 12.3 Å². The van der Waals surface area contributed by atoms with Crippen molar-refractivity contribution in [1.29, 1.82) is 0 Å². The molecule has 1 aromatic carbocycles. The van der Waals surface area contributed by atoms with Crippen LogP contribution < -0.4 is 5.32 Å². The van der Waals surface area contributed by atoms with E-state index in [9.17, 15) is 4.21 Å². The minimum absolute atomic E-state index is 0.117. The zero-order valence-corrected chi connectivity index (χ0v) is 13.8. The van der Waals surface area contributed by atoms with Gasteiger partial charge in [-0.15, -0.1) is 0 Å². The van der Waals surface area contributed by atoms with Gasteiger partial charge in [0, 0.05) is 33.4 Å². The van der Waals surface area contributed by atoms with Gasteiger partial charge in [0.1, 0.15) is 0 Å². The van der Waals surface area contributed by atoms with Gasteiger partial charge in [-0.2, -0.15) is 0 Å². The highest BCUT2D eigenvalue weighted by molar-refractivity contribution is 7.84. The van der Waals surface area contributed by atoms with Gasteiger partial charge in [-0.1, -0.05) is 51.4 Å². The summed E-state index contributed by atoms with van der Waals surface area (Å²) in [5.74, 6) is 1.27. The van der Waals surface area contributed by atoms with E-state index in [2.05, 4.69) is 33.0 Å². The van der Waals surface area contributed by atoms with Crippen molar-refractivity contribution < 1.29 is 4.21 Å². The van der Waals surface area contributed by atoms with Crippen LogP contribution in [0.15, 0.2) is 24.3 Å². The normalized spacial score (nSPS) is 15.2. The fraction of sp³-hybridized carbons (Fsp3) is 0.600. The van der Waals surface area contributed by atoms with Gasteiger partial charge < -0.3 is 5.32 Å². The topological polar surface area (TPSA) is 29.1 Å². The lowest BCUT2D eigenvalue weighted by molar-refractivity contribution is 0.294. The smallest absolute Gasteiger partial charge is 0.0486 e. The average molecular weight is 302 g/mol. The molecule has 2 unspecified atom stereocenters. The summed E-state index contributed by atoms with van der Waals surface area (Å²) in [6, 6.07) is 7.85. The maximum Gasteiger partial charge on any atom is 0.0486 e. The van der Waals surface area contributed by atoms with E-state index in [0.29, 0.717) is 11.5 Å². The van der Waals surface area contributed by atoms with Crippen LogP contribution in [0.1, 0.15) is 33.3 Å². The first kappa shape index (κ1) is 16.7. The minimum Gasteiger partial charge on any atom is -0.313 e. The Bertz CT molecular complexity index is 411. The number of hydrogen-bond donors (Lipinski definition) is 1. The fourth-order valence-electron chi connectivity index (χ4n) is 1.87. The molecule has 0 aliphatic carbocycles. The molecule has 1 rings (SSSR count). The Morgan fingerprint density at radius 1 is 1.26 bits per heavy atom. The summed E-state index contributed by atoms with van der Waals surface area (Å²) in [6.45, 7) is 9.53. The molecule has 0 aliphatic heterocycles. The summed E-state index contributed by atoms with van der Waals surface area (Å²) in [5, 5.41) is 4.15. The Balaban J connectivity index is 2.60. The van der Waals surface area contributed by atoms with Crippen molar-refractivity contribution >= 4 is 22.4 Å². The predicted octanol–water partition coefficient (Wildman–Crippen LogP) is 3.61. The second kappa shape index (κ2) is 7.41. The van der Waals surface area contributed by atoms with Crippen molar-refractivity contribution in [3.63, 3.8) is 0 Å². The van der Waals surface area contributed by atoms with Crippen LogP contribution >= 0.6 is 11.6 Å². The van der Waals surface area contributed by atoms with Gasteiger partial charge in [-0.05, 0) is 29.7 Å². The van der Waals surface area contributed by atoms with E-state index in [1.807, 2.05) is 24.3 Å². The summed E-state index contributed by atoms with van der Waals surface area (Å²) in [5.41, 5.74) is 1.19. The Morgan fingerprint density at radius 3 is 2.32 bits per heavy atom. The van der Waals surface area contributed by atoms with E-state index in [4.69, 9.17) is 11.6 Å². The maximum absolute atomic E-state index is 12.3. The Morgan fingerprint density at radius 2 is 1.84 bits per heavy atom. The van der Waals surface area contributed by atoms with Crippen molar-refractivity contribution in [2.24, 2.45) is 5.41 Å². The molecule has 0 spiro atoms. The minimum atomic E-state index is -0.861. The average Bonchev–Trinajstić information content (AvgIpc) is 2.30. The van der Waals surface area contributed by atoms with E-state index in [1.54, 1.807) is 0 Å². The molecule has 19 heavy (non-hydrogen) atoms. The second-order valence-corrected chi connectivity index (χ2v) is 7.79. The molecule has 4 heteroatoms. The third-order valence-electron chi connectivity index (χ3n) is 3.09. The van der Waals surface area contributed by atoms with Crippen LogP contribution in [0.5, 0.6) is 0 Å². The Kier molecular flexibility index (Phi) is 6.51. The first-order chi connectivity index (χ1) is 8.82. The quantitative estimate of drug-likeness (QED) is 0.869. The molecule has 0 fully saturated rings. The fourth-order valence-corrected chi connectivity index (χ4v) is 3.67. The summed E-state index contributed by atoms with van der Waals surface area (Å²) in [7, 11) is -0.861. The van der Waals surface area contributed by atoms with Gasteiger partial charge in [0.05, 0.1) is 0 Å². The van der Waals surface area contributed by atoms with Gasteiger partial charge in [0.25, 0.3) is 0 Å². The van der Waals surface area contributed by atoms with Gasteiger partial charge in [0.15, 0.2) is 0 Å². The maximum atomic E-state index is 12.3. The van der Waals surface area contributed by atoms with Gasteiger partial charge in [0.2, 0.25) is 0 Å². The van der Waals surface area contributed by atoms with Crippen molar-refractivity contribution in [3.8, 4) is 0 Å². The first-order valence-electron chi connectivity index (χ1n) is 6.65. The van der Waals surface area contributed by atoms with Crippen LogP contribution in [0.4, 0.5) is 0 Å². The molecule has 0 saturated carbocycles.